The number of allylic oxidation sites excluding steroid dienone is 13. The maximum Gasteiger partial charge on any atom is 0.349 e. The predicted molar refractivity (Wildman–Crippen MR) is 263 cm³/mol. The molecule has 358 valence electrons. The molecule has 0 heterocycles. The van der Waals surface area contributed by atoms with E-state index in [0.717, 1.165) is 69.8 Å². The topological polar surface area (TPSA) is 190 Å². The van der Waals surface area contributed by atoms with Crippen molar-refractivity contribution in [1.29, 1.82) is 0 Å². The third-order valence-corrected chi connectivity index (χ3v) is 10.3. The Hall–Kier alpha value is -6.89. The summed E-state index contributed by atoms with van der Waals surface area (Å²) in [6, 6.07) is 5.88. The average molecular weight is 919 g/mol. The molecule has 1 atom stereocenters. The fourth-order valence-corrected chi connectivity index (χ4v) is 6.70. The summed E-state index contributed by atoms with van der Waals surface area (Å²) < 4.78 is 11.2. The van der Waals surface area contributed by atoms with Gasteiger partial charge in [0.2, 0.25) is 0 Å². The minimum atomic E-state index is -1.44. The zero-order chi connectivity index (χ0) is 50.5. The van der Waals surface area contributed by atoms with Crippen molar-refractivity contribution in [1.82, 2.24) is 0 Å². The Morgan fingerprint density at radius 3 is 1.39 bits per heavy atom. The van der Waals surface area contributed by atoms with E-state index in [9.17, 15) is 44.2 Å². The molecule has 67 heavy (non-hydrogen) atoms. The highest BCUT2D eigenvalue weighted by Gasteiger charge is 2.30. The molecule has 0 saturated heterocycles. The van der Waals surface area contributed by atoms with Crippen molar-refractivity contribution in [2.45, 2.75) is 141 Å². The highest BCUT2D eigenvalue weighted by Crippen LogP contribution is 2.35. The predicted octanol–water partition coefficient (Wildman–Crippen LogP) is 13.7. The Morgan fingerprint density at radius 1 is 0.552 bits per heavy atom. The Morgan fingerprint density at radius 2 is 0.955 bits per heavy atom. The lowest BCUT2D eigenvalue weighted by molar-refractivity contribution is -0.385. The summed E-state index contributed by atoms with van der Waals surface area (Å²) in [5, 5.41) is 24.3. The molecular weight excluding hydrogens is 853 g/mol. The van der Waals surface area contributed by atoms with Gasteiger partial charge < -0.3 is 9.47 Å². The fraction of sp³-hybridized carbons (Fsp3) is 0.389. The number of non-ortho nitro benzene ring substituents is 2. The van der Waals surface area contributed by atoms with Crippen LogP contribution in [0.1, 0.15) is 155 Å². The molecule has 0 spiro atoms. The summed E-state index contributed by atoms with van der Waals surface area (Å²) >= 11 is 0. The number of nitrogens with zero attached hydrogens (tertiary/aromatic N) is 2. The van der Waals surface area contributed by atoms with E-state index in [1.54, 1.807) is 27.7 Å². The van der Waals surface area contributed by atoms with Gasteiger partial charge in [0, 0.05) is 35.4 Å². The number of hydrogen-bond donors (Lipinski definition) is 0. The van der Waals surface area contributed by atoms with Crippen molar-refractivity contribution in [3.63, 3.8) is 0 Å². The quantitative estimate of drug-likeness (QED) is 0.0185. The maximum absolute atomic E-state index is 14.3. The van der Waals surface area contributed by atoms with Crippen LogP contribution in [0.15, 0.2) is 129 Å². The summed E-state index contributed by atoms with van der Waals surface area (Å²) in [7, 11) is 0. The Bertz CT molecular complexity index is 2470. The third-order valence-electron chi connectivity index (χ3n) is 10.3. The largest absolute Gasteiger partial charge is 0.446 e. The summed E-state index contributed by atoms with van der Waals surface area (Å²) in [6.45, 7) is 22.5. The molecule has 0 aromatic heterocycles. The van der Waals surface area contributed by atoms with Crippen molar-refractivity contribution in [3.8, 4) is 11.1 Å². The number of carbonyl (C=O) groups excluding carboxylic acids is 5. The van der Waals surface area contributed by atoms with Gasteiger partial charge in [0.05, 0.1) is 21.0 Å². The highest BCUT2D eigenvalue weighted by atomic mass is 16.6. The van der Waals surface area contributed by atoms with Crippen LogP contribution >= 0.6 is 0 Å². The Kier molecular flexibility index (Phi) is 23.1. The van der Waals surface area contributed by atoms with Gasteiger partial charge in [-0.25, -0.2) is 14.4 Å². The van der Waals surface area contributed by atoms with Gasteiger partial charge in [-0.2, -0.15) is 0 Å². The highest BCUT2D eigenvalue weighted by molar-refractivity contribution is 6.24. The summed E-state index contributed by atoms with van der Waals surface area (Å²) in [6.07, 6.45) is 15.2. The first-order valence-electron chi connectivity index (χ1n) is 22.3. The van der Waals surface area contributed by atoms with Crippen LogP contribution < -0.4 is 0 Å². The molecule has 0 aliphatic carbocycles. The molecule has 2 aromatic rings. The van der Waals surface area contributed by atoms with Gasteiger partial charge >= 0.3 is 17.9 Å². The molecule has 0 fully saturated rings. The number of ketones is 2. The number of hydrogen-bond acceptors (Lipinski definition) is 11. The third kappa shape index (κ3) is 19.6. The summed E-state index contributed by atoms with van der Waals surface area (Å²) in [5.74, 6) is -5.00. The molecule has 1 unspecified atom stereocenters. The lowest BCUT2D eigenvalue weighted by Crippen LogP contribution is -2.25. The van der Waals surface area contributed by atoms with Gasteiger partial charge in [0.15, 0.2) is 17.7 Å². The van der Waals surface area contributed by atoms with Crippen molar-refractivity contribution < 1.29 is 43.3 Å². The van der Waals surface area contributed by atoms with Gasteiger partial charge in [-0.05, 0) is 165 Å². The monoisotopic (exact) mass is 918 g/mol. The lowest BCUT2D eigenvalue weighted by atomic mass is 9.94. The van der Waals surface area contributed by atoms with Crippen molar-refractivity contribution in [3.05, 3.63) is 160 Å². The molecule has 0 N–H and O–H groups in total. The van der Waals surface area contributed by atoms with Crippen LogP contribution in [-0.4, -0.2) is 45.4 Å². The molecule has 0 aliphatic rings. The second-order valence-electron chi connectivity index (χ2n) is 17.7. The van der Waals surface area contributed by atoms with E-state index in [4.69, 9.17) is 9.47 Å². The Balaban J connectivity index is 2.83. The number of benzene rings is 2. The second-order valence-corrected chi connectivity index (χ2v) is 17.7. The smallest absolute Gasteiger partial charge is 0.349 e. The molecule has 2 rings (SSSR count). The summed E-state index contributed by atoms with van der Waals surface area (Å²) in [4.78, 5) is 92.8. The van der Waals surface area contributed by atoms with E-state index >= 15 is 0 Å². The van der Waals surface area contributed by atoms with Crippen LogP contribution in [0.5, 0.6) is 0 Å². The summed E-state index contributed by atoms with van der Waals surface area (Å²) in [5.41, 5.74) is 3.74. The SMILES string of the molecule is CC(C)=CCC/C(C)=C/C(=O)/C(C(=O)OC(=O)c1ccc([N+](=O)[O-])cc1-c1cc([N+](=O)[O-])ccc1C(=O)OC(/C=C(\C)CCC=C(C)C)C(=O)/C=C(\C)CCC=C(C)C)=C(/C)CCC=C(C)C. The molecule has 0 saturated carbocycles. The van der Waals surface area contributed by atoms with Crippen molar-refractivity contribution >= 4 is 40.8 Å². The number of carbonyl (C=O) groups is 5. The first kappa shape index (κ1) is 56.2. The fourth-order valence-electron chi connectivity index (χ4n) is 6.70. The van der Waals surface area contributed by atoms with Crippen molar-refractivity contribution in [2.24, 2.45) is 0 Å². The molecule has 2 aromatic carbocycles. The zero-order valence-corrected chi connectivity index (χ0v) is 41.1. The molecule has 13 nitrogen and oxygen atoms in total. The number of nitro groups is 2. The van der Waals surface area contributed by atoms with Crippen LogP contribution in [-0.2, 0) is 23.9 Å². The van der Waals surface area contributed by atoms with E-state index in [2.05, 4.69) is 0 Å². The van der Waals surface area contributed by atoms with Crippen LogP contribution in [0.4, 0.5) is 11.4 Å². The minimum Gasteiger partial charge on any atom is -0.446 e. The van der Waals surface area contributed by atoms with Crippen LogP contribution in [0.3, 0.4) is 0 Å². The average Bonchev–Trinajstić information content (AvgIpc) is 3.22. The first-order valence-corrected chi connectivity index (χ1v) is 22.3. The first-order chi connectivity index (χ1) is 31.4. The normalized spacial score (nSPS) is 12.4. The zero-order valence-electron chi connectivity index (χ0n) is 41.1. The van der Waals surface area contributed by atoms with Crippen LogP contribution in [0.25, 0.3) is 11.1 Å². The molecule has 0 bridgehead atoms. The number of nitro benzene ring substituents is 2. The van der Waals surface area contributed by atoms with Crippen molar-refractivity contribution in [2.75, 3.05) is 0 Å². The van der Waals surface area contributed by atoms with Gasteiger partial charge in [-0.15, -0.1) is 0 Å². The molecule has 13 heteroatoms. The van der Waals surface area contributed by atoms with Gasteiger partial charge in [-0.1, -0.05) is 68.9 Å². The lowest BCUT2D eigenvalue weighted by Gasteiger charge is -2.17. The number of ether oxygens (including phenoxy) is 2. The number of esters is 3. The molecule has 0 aliphatic heterocycles. The van der Waals surface area contributed by atoms with E-state index in [0.29, 0.717) is 56.1 Å². The standard InChI is InChI=1S/C54H66N2O11/c1-34(2)17-13-21-38(9)29-48(57)50(31-40(11)23-15-19-36(5)6)66-52(59)44-27-25-42(55(62)63)32-46(44)47-33-43(56(64)65)26-28-45(47)53(60)67-54(61)51(41(12)24-16-20-37(7)8)49(58)30-39(10)22-14-18-35(3)4/h17-20,25-33,50H,13-16,21-24H2,1-12H3/b38-29+,39-30+,40-31+,51-41+. The maximum atomic E-state index is 14.3. The van der Waals surface area contributed by atoms with Crippen LogP contribution in [0, 0.1) is 20.2 Å². The van der Waals surface area contributed by atoms with Gasteiger partial charge in [-0.3, -0.25) is 29.8 Å². The van der Waals surface area contributed by atoms with E-state index in [1.807, 2.05) is 79.7 Å². The molecular formula is C54H66N2O11. The van der Waals surface area contributed by atoms with Crippen LogP contribution in [0.2, 0.25) is 0 Å². The van der Waals surface area contributed by atoms with Gasteiger partial charge in [0.25, 0.3) is 11.4 Å². The van der Waals surface area contributed by atoms with E-state index < -0.39 is 62.4 Å². The van der Waals surface area contributed by atoms with Gasteiger partial charge in [0.1, 0.15) is 5.57 Å². The van der Waals surface area contributed by atoms with E-state index in [-0.39, 0.29) is 28.7 Å². The molecule has 0 radical (unpaired) electrons. The Labute approximate surface area is 395 Å². The number of rotatable bonds is 24. The van der Waals surface area contributed by atoms with E-state index in [1.165, 1.54) is 18.2 Å². The second kappa shape index (κ2) is 27.6. The molecule has 0 amide bonds. The minimum absolute atomic E-state index is 0.279.